The van der Waals surface area contributed by atoms with Gasteiger partial charge in [0.2, 0.25) is 0 Å². The zero-order valence-electron chi connectivity index (χ0n) is 13.7. The van der Waals surface area contributed by atoms with Crippen LogP contribution < -0.4 is 0 Å². The lowest BCUT2D eigenvalue weighted by Crippen LogP contribution is -2.50. The van der Waals surface area contributed by atoms with E-state index in [9.17, 15) is 4.79 Å². The first-order valence-corrected chi connectivity index (χ1v) is 8.87. The van der Waals surface area contributed by atoms with Crippen LogP contribution in [0.3, 0.4) is 0 Å². The van der Waals surface area contributed by atoms with Gasteiger partial charge in [-0.05, 0) is 73.7 Å². The standard InChI is InChI=1S/C20H28O/c1-13-8-10-19(2)14(12-13)4-5-15-16-6-7-18(21)20(16,3)11-9-17(15)19/h4,6-7,13,15-17H,5,8-12H2,1-3H3/t13-,15-,16-,17?,19-,20-/m0/s1. The summed E-state index contributed by atoms with van der Waals surface area (Å²) in [6.07, 6.45) is 14.3. The smallest absolute Gasteiger partial charge is 0.161 e. The minimum absolute atomic E-state index is 0.0785. The van der Waals surface area contributed by atoms with Crippen LogP contribution in [0.4, 0.5) is 0 Å². The molecule has 2 fully saturated rings. The van der Waals surface area contributed by atoms with E-state index in [2.05, 4.69) is 32.9 Å². The van der Waals surface area contributed by atoms with Crippen LogP contribution in [0.2, 0.25) is 0 Å². The molecule has 4 aliphatic rings. The van der Waals surface area contributed by atoms with Crippen molar-refractivity contribution in [1.29, 1.82) is 0 Å². The van der Waals surface area contributed by atoms with Gasteiger partial charge < -0.3 is 0 Å². The van der Waals surface area contributed by atoms with Crippen LogP contribution in [0.1, 0.15) is 59.3 Å². The van der Waals surface area contributed by atoms with E-state index in [1.54, 1.807) is 5.57 Å². The van der Waals surface area contributed by atoms with Crippen molar-refractivity contribution < 1.29 is 4.79 Å². The first-order valence-electron chi connectivity index (χ1n) is 8.87. The molecule has 1 nitrogen and oxygen atoms in total. The van der Waals surface area contributed by atoms with E-state index < -0.39 is 0 Å². The van der Waals surface area contributed by atoms with Crippen LogP contribution in [-0.2, 0) is 4.79 Å². The van der Waals surface area contributed by atoms with Crippen LogP contribution in [0.25, 0.3) is 0 Å². The van der Waals surface area contributed by atoms with E-state index in [0.29, 0.717) is 23.0 Å². The highest BCUT2D eigenvalue weighted by molar-refractivity contribution is 5.97. The largest absolute Gasteiger partial charge is 0.294 e. The Bertz CT molecular complexity index is 542. The lowest BCUT2D eigenvalue weighted by Gasteiger charge is -2.56. The summed E-state index contributed by atoms with van der Waals surface area (Å²) in [5, 5.41) is 0. The maximum atomic E-state index is 12.3. The molecule has 0 radical (unpaired) electrons. The van der Waals surface area contributed by atoms with Crippen LogP contribution in [0, 0.1) is 34.5 Å². The van der Waals surface area contributed by atoms with E-state index in [1.165, 1.54) is 32.1 Å². The number of hydrogen-bond donors (Lipinski definition) is 0. The van der Waals surface area contributed by atoms with Crippen LogP contribution >= 0.6 is 0 Å². The first kappa shape index (κ1) is 13.8. The Hall–Kier alpha value is -0.850. The highest BCUT2D eigenvalue weighted by atomic mass is 16.1. The van der Waals surface area contributed by atoms with Gasteiger partial charge in [0, 0.05) is 5.41 Å². The Labute approximate surface area is 128 Å². The van der Waals surface area contributed by atoms with Gasteiger partial charge in [0.15, 0.2) is 5.78 Å². The van der Waals surface area contributed by atoms with Gasteiger partial charge in [-0.15, -0.1) is 0 Å². The summed E-state index contributed by atoms with van der Waals surface area (Å²) in [4.78, 5) is 12.3. The maximum Gasteiger partial charge on any atom is 0.161 e. The molecule has 1 unspecified atom stereocenters. The fourth-order valence-corrected chi connectivity index (χ4v) is 6.12. The minimum Gasteiger partial charge on any atom is -0.294 e. The lowest BCUT2D eigenvalue weighted by molar-refractivity contribution is -0.129. The van der Waals surface area contributed by atoms with E-state index in [4.69, 9.17) is 0 Å². The van der Waals surface area contributed by atoms with Crippen molar-refractivity contribution in [2.75, 3.05) is 0 Å². The third kappa shape index (κ3) is 1.72. The van der Waals surface area contributed by atoms with Gasteiger partial charge in [-0.1, -0.05) is 38.5 Å². The first-order chi connectivity index (χ1) is 9.95. The molecule has 114 valence electrons. The van der Waals surface area contributed by atoms with Crippen molar-refractivity contribution >= 4 is 5.78 Å². The highest BCUT2D eigenvalue weighted by Crippen LogP contribution is 2.63. The molecule has 0 aliphatic heterocycles. The molecule has 21 heavy (non-hydrogen) atoms. The number of carbonyl (C=O) groups excluding carboxylic acids is 1. The maximum absolute atomic E-state index is 12.3. The Balaban J connectivity index is 1.71. The molecule has 0 amide bonds. The monoisotopic (exact) mass is 284 g/mol. The molecule has 0 aromatic heterocycles. The zero-order chi connectivity index (χ0) is 14.8. The van der Waals surface area contributed by atoms with Crippen LogP contribution in [0.5, 0.6) is 0 Å². The third-order valence-corrected chi connectivity index (χ3v) is 7.62. The summed E-state index contributed by atoms with van der Waals surface area (Å²) >= 11 is 0. The number of allylic oxidation sites excluding steroid dienone is 4. The van der Waals surface area contributed by atoms with Crippen molar-refractivity contribution in [3.8, 4) is 0 Å². The predicted octanol–water partition coefficient (Wildman–Crippen LogP) is 4.93. The van der Waals surface area contributed by atoms with Crippen molar-refractivity contribution in [3.05, 3.63) is 23.8 Å². The Morgan fingerprint density at radius 2 is 1.90 bits per heavy atom. The molecule has 4 rings (SSSR count). The summed E-state index contributed by atoms with van der Waals surface area (Å²) in [6.45, 7) is 7.16. The second kappa shape index (κ2) is 4.33. The van der Waals surface area contributed by atoms with Crippen molar-refractivity contribution in [3.63, 3.8) is 0 Å². The van der Waals surface area contributed by atoms with Crippen molar-refractivity contribution in [2.45, 2.75) is 59.3 Å². The molecule has 0 aromatic carbocycles. The summed E-state index contributed by atoms with van der Waals surface area (Å²) in [5.74, 6) is 3.26. The molecular weight excluding hydrogens is 256 g/mol. The second-order valence-electron chi connectivity index (χ2n) is 8.71. The normalized spacial score (nSPS) is 52.0. The number of fused-ring (bicyclic) bond motifs is 5. The molecule has 2 saturated carbocycles. The number of ketones is 1. The summed E-state index contributed by atoms with van der Waals surface area (Å²) in [5.41, 5.74) is 2.10. The van der Waals surface area contributed by atoms with Crippen molar-refractivity contribution in [1.82, 2.24) is 0 Å². The van der Waals surface area contributed by atoms with Crippen molar-refractivity contribution in [2.24, 2.45) is 34.5 Å². The SMILES string of the molecule is C[C@H]1CC[C@@]2(C)C(=CC[C@@H]3C2CC[C@]2(C)C(=O)C=C[C@@H]32)C1. The zero-order valence-corrected chi connectivity index (χ0v) is 13.7. The molecular formula is C20H28O. The third-order valence-electron chi connectivity index (χ3n) is 7.62. The molecule has 0 N–H and O–H groups in total. The average Bonchev–Trinajstić information content (AvgIpc) is 2.76. The summed E-state index contributed by atoms with van der Waals surface area (Å²) in [7, 11) is 0. The van der Waals surface area contributed by atoms with Gasteiger partial charge >= 0.3 is 0 Å². The highest BCUT2D eigenvalue weighted by Gasteiger charge is 2.56. The Kier molecular flexibility index (Phi) is 2.85. The predicted molar refractivity (Wildman–Crippen MR) is 85.8 cm³/mol. The molecule has 0 spiro atoms. The van der Waals surface area contributed by atoms with Crippen LogP contribution in [0.15, 0.2) is 23.8 Å². The van der Waals surface area contributed by atoms with Gasteiger partial charge in [-0.3, -0.25) is 4.79 Å². The molecule has 4 aliphatic carbocycles. The topological polar surface area (TPSA) is 17.1 Å². The van der Waals surface area contributed by atoms with E-state index >= 15 is 0 Å². The number of rotatable bonds is 0. The summed E-state index contributed by atoms with van der Waals surface area (Å²) in [6, 6.07) is 0. The minimum atomic E-state index is -0.0785. The van der Waals surface area contributed by atoms with Gasteiger partial charge in [-0.25, -0.2) is 0 Å². The molecule has 6 atom stereocenters. The van der Waals surface area contributed by atoms with E-state index in [0.717, 1.165) is 18.3 Å². The molecule has 1 heteroatoms. The quantitative estimate of drug-likeness (QED) is 0.576. The molecule has 0 bridgehead atoms. The second-order valence-corrected chi connectivity index (χ2v) is 8.71. The average molecular weight is 284 g/mol. The van der Waals surface area contributed by atoms with Crippen LogP contribution in [-0.4, -0.2) is 5.78 Å². The van der Waals surface area contributed by atoms with E-state index in [-0.39, 0.29) is 5.41 Å². The Morgan fingerprint density at radius 3 is 2.71 bits per heavy atom. The fraction of sp³-hybridized carbons (Fsp3) is 0.750. The van der Waals surface area contributed by atoms with Gasteiger partial charge in [0.05, 0.1) is 0 Å². The molecule has 0 saturated heterocycles. The molecule has 0 heterocycles. The fourth-order valence-electron chi connectivity index (χ4n) is 6.12. The van der Waals surface area contributed by atoms with E-state index in [1.807, 2.05) is 6.08 Å². The summed E-state index contributed by atoms with van der Waals surface area (Å²) < 4.78 is 0. The van der Waals surface area contributed by atoms with Gasteiger partial charge in [0.25, 0.3) is 0 Å². The number of carbonyl (C=O) groups is 1. The van der Waals surface area contributed by atoms with Gasteiger partial charge in [0.1, 0.15) is 0 Å². The Morgan fingerprint density at radius 1 is 1.14 bits per heavy atom. The lowest BCUT2D eigenvalue weighted by atomic mass is 9.47. The molecule has 0 aromatic rings. The van der Waals surface area contributed by atoms with Gasteiger partial charge in [-0.2, -0.15) is 0 Å². The number of hydrogen-bond acceptors (Lipinski definition) is 1.